The smallest absolute Gasteiger partial charge is 0.130 e. The molecule has 0 radical (unpaired) electrons. The van der Waals surface area contributed by atoms with Gasteiger partial charge in [0.25, 0.3) is 0 Å². The van der Waals surface area contributed by atoms with Gasteiger partial charge >= 0.3 is 0 Å². The van der Waals surface area contributed by atoms with E-state index in [1.807, 2.05) is 25.1 Å². The van der Waals surface area contributed by atoms with Crippen LogP contribution in [-0.2, 0) is 0 Å². The number of ether oxygens (including phenoxy) is 1. The number of aryl methyl sites for hydroxylation is 1. The van der Waals surface area contributed by atoms with E-state index in [0.29, 0.717) is 0 Å². The number of benzene rings is 1. The Morgan fingerprint density at radius 1 is 1.41 bits per heavy atom. The maximum Gasteiger partial charge on any atom is 0.130 e. The molecule has 17 heavy (non-hydrogen) atoms. The van der Waals surface area contributed by atoms with Crippen molar-refractivity contribution >= 4 is 32.5 Å². The van der Waals surface area contributed by atoms with Crippen molar-refractivity contribution in [2.45, 2.75) is 13.8 Å². The molecule has 0 atom stereocenters. The number of halogens is 1. The van der Waals surface area contributed by atoms with E-state index in [1.165, 1.54) is 0 Å². The number of nitrogens with zero attached hydrogens (tertiary/aromatic N) is 1. The van der Waals surface area contributed by atoms with Gasteiger partial charge in [-0.3, -0.25) is 4.98 Å². The molecule has 0 spiro atoms. The fourth-order valence-corrected chi connectivity index (χ4v) is 2.33. The Kier molecular flexibility index (Phi) is 3.52. The topological polar surface area (TPSA) is 34.2 Å². The summed E-state index contributed by atoms with van der Waals surface area (Å²) in [5.74, 6) is 0.839. The zero-order chi connectivity index (χ0) is 12.4. The molecule has 2 rings (SSSR count). The lowest BCUT2D eigenvalue weighted by Crippen LogP contribution is -2.00. The summed E-state index contributed by atoms with van der Waals surface area (Å²) >= 11 is 3.53. The third-order valence-corrected chi connectivity index (χ3v) is 3.23. The van der Waals surface area contributed by atoms with Gasteiger partial charge in [0.15, 0.2) is 0 Å². The molecule has 1 aromatic heterocycles. The second kappa shape index (κ2) is 4.92. The van der Waals surface area contributed by atoms with E-state index in [1.54, 1.807) is 7.11 Å². The van der Waals surface area contributed by atoms with Crippen molar-refractivity contribution in [2.75, 3.05) is 19.0 Å². The first-order valence-electron chi connectivity index (χ1n) is 5.55. The van der Waals surface area contributed by atoms with Crippen LogP contribution in [0.4, 0.5) is 5.69 Å². The molecule has 0 saturated carbocycles. The van der Waals surface area contributed by atoms with Crippen molar-refractivity contribution in [2.24, 2.45) is 0 Å². The molecule has 1 N–H and O–H groups in total. The zero-order valence-electron chi connectivity index (χ0n) is 10.2. The quantitative estimate of drug-likeness (QED) is 0.936. The SMILES string of the molecule is CCNc1cc(C)nc2c(Br)ccc(OC)c12. The number of fused-ring (bicyclic) bond motifs is 1. The van der Waals surface area contributed by atoms with Crippen LogP contribution < -0.4 is 10.1 Å². The van der Waals surface area contributed by atoms with Crippen LogP contribution in [-0.4, -0.2) is 18.6 Å². The van der Waals surface area contributed by atoms with Crippen LogP contribution in [0.15, 0.2) is 22.7 Å². The van der Waals surface area contributed by atoms with Crippen LogP contribution >= 0.6 is 15.9 Å². The Morgan fingerprint density at radius 3 is 2.82 bits per heavy atom. The Labute approximate surface area is 109 Å². The Morgan fingerprint density at radius 2 is 2.18 bits per heavy atom. The molecule has 0 aliphatic rings. The van der Waals surface area contributed by atoms with E-state index < -0.39 is 0 Å². The first kappa shape index (κ1) is 12.2. The number of hydrogen-bond donors (Lipinski definition) is 1. The fraction of sp³-hybridized carbons (Fsp3) is 0.308. The summed E-state index contributed by atoms with van der Waals surface area (Å²) < 4.78 is 6.39. The zero-order valence-corrected chi connectivity index (χ0v) is 11.8. The van der Waals surface area contributed by atoms with Gasteiger partial charge in [0.2, 0.25) is 0 Å². The first-order valence-corrected chi connectivity index (χ1v) is 6.34. The van der Waals surface area contributed by atoms with E-state index in [0.717, 1.165) is 39.1 Å². The molecule has 0 saturated heterocycles. The van der Waals surface area contributed by atoms with Crippen molar-refractivity contribution in [1.29, 1.82) is 0 Å². The van der Waals surface area contributed by atoms with Crippen molar-refractivity contribution in [3.8, 4) is 5.75 Å². The average Bonchev–Trinajstić information content (AvgIpc) is 2.31. The molecule has 0 aliphatic carbocycles. The van der Waals surface area contributed by atoms with Gasteiger partial charge in [-0.2, -0.15) is 0 Å². The summed E-state index contributed by atoms with van der Waals surface area (Å²) in [6.07, 6.45) is 0. The minimum absolute atomic E-state index is 0.839. The van der Waals surface area contributed by atoms with E-state index in [-0.39, 0.29) is 0 Å². The highest BCUT2D eigenvalue weighted by atomic mass is 79.9. The number of pyridine rings is 1. The van der Waals surface area contributed by atoms with E-state index in [2.05, 4.69) is 33.2 Å². The highest BCUT2D eigenvalue weighted by Gasteiger charge is 2.11. The highest BCUT2D eigenvalue weighted by Crippen LogP contribution is 2.35. The van der Waals surface area contributed by atoms with Crippen LogP contribution in [0.1, 0.15) is 12.6 Å². The Hall–Kier alpha value is -1.29. The number of hydrogen-bond acceptors (Lipinski definition) is 3. The number of nitrogens with one attached hydrogen (secondary N) is 1. The summed E-state index contributed by atoms with van der Waals surface area (Å²) in [4.78, 5) is 4.56. The van der Waals surface area contributed by atoms with Crippen LogP contribution in [0.3, 0.4) is 0 Å². The van der Waals surface area contributed by atoms with E-state index in [4.69, 9.17) is 4.74 Å². The molecule has 3 nitrogen and oxygen atoms in total. The second-order valence-electron chi connectivity index (χ2n) is 3.81. The standard InChI is InChI=1S/C13H15BrN2O/c1-4-15-10-7-8(2)16-13-9(14)5-6-11(17-3)12(10)13/h5-7H,4H2,1-3H3,(H,15,16). The summed E-state index contributed by atoms with van der Waals surface area (Å²) in [6.45, 7) is 4.94. The molecule has 1 aromatic carbocycles. The lowest BCUT2D eigenvalue weighted by Gasteiger charge is -2.13. The number of rotatable bonds is 3. The number of anilines is 1. The monoisotopic (exact) mass is 294 g/mol. The summed E-state index contributed by atoms with van der Waals surface area (Å²) in [7, 11) is 1.68. The Balaban J connectivity index is 2.82. The first-order chi connectivity index (χ1) is 8.17. The third kappa shape index (κ3) is 2.22. The fourth-order valence-electron chi connectivity index (χ4n) is 1.91. The van der Waals surface area contributed by atoms with Crippen LogP contribution in [0.2, 0.25) is 0 Å². The van der Waals surface area contributed by atoms with Gasteiger partial charge in [-0.25, -0.2) is 0 Å². The van der Waals surface area contributed by atoms with Gasteiger partial charge in [-0.1, -0.05) is 0 Å². The van der Waals surface area contributed by atoms with Crippen molar-refractivity contribution in [1.82, 2.24) is 4.98 Å². The summed E-state index contributed by atoms with van der Waals surface area (Å²) in [5, 5.41) is 4.37. The molecule has 0 aliphatic heterocycles. The molecule has 0 amide bonds. The molecule has 0 unspecified atom stereocenters. The van der Waals surface area contributed by atoms with E-state index >= 15 is 0 Å². The van der Waals surface area contributed by atoms with Gasteiger partial charge in [0, 0.05) is 22.4 Å². The molecule has 1 heterocycles. The highest BCUT2D eigenvalue weighted by molar-refractivity contribution is 9.10. The van der Waals surface area contributed by atoms with E-state index in [9.17, 15) is 0 Å². The molecule has 0 bridgehead atoms. The van der Waals surface area contributed by atoms with Crippen molar-refractivity contribution in [3.05, 3.63) is 28.4 Å². The second-order valence-corrected chi connectivity index (χ2v) is 4.67. The van der Waals surface area contributed by atoms with Crippen molar-refractivity contribution in [3.63, 3.8) is 0 Å². The van der Waals surface area contributed by atoms with Gasteiger partial charge < -0.3 is 10.1 Å². The van der Waals surface area contributed by atoms with Crippen molar-refractivity contribution < 1.29 is 4.74 Å². The third-order valence-electron chi connectivity index (χ3n) is 2.59. The Bertz CT molecular complexity index is 555. The predicted octanol–water partition coefficient (Wildman–Crippen LogP) is 3.75. The van der Waals surface area contributed by atoms with Gasteiger partial charge in [-0.05, 0) is 48.0 Å². The summed E-state index contributed by atoms with van der Waals surface area (Å²) in [6, 6.07) is 5.95. The van der Waals surface area contributed by atoms with Gasteiger partial charge in [-0.15, -0.1) is 0 Å². The largest absolute Gasteiger partial charge is 0.496 e. The molecule has 0 fully saturated rings. The lowest BCUT2D eigenvalue weighted by atomic mass is 10.1. The van der Waals surface area contributed by atoms with Crippen LogP contribution in [0, 0.1) is 6.92 Å². The average molecular weight is 295 g/mol. The van der Waals surface area contributed by atoms with Gasteiger partial charge in [0.05, 0.1) is 18.0 Å². The summed E-state index contributed by atoms with van der Waals surface area (Å²) in [5.41, 5.74) is 2.98. The molecule has 4 heteroatoms. The lowest BCUT2D eigenvalue weighted by molar-refractivity contribution is 0.420. The maximum absolute atomic E-state index is 5.41. The molecular weight excluding hydrogens is 280 g/mol. The number of aromatic nitrogens is 1. The minimum Gasteiger partial charge on any atom is -0.496 e. The van der Waals surface area contributed by atoms with Crippen LogP contribution in [0.25, 0.3) is 10.9 Å². The molecule has 2 aromatic rings. The number of methoxy groups -OCH3 is 1. The normalized spacial score (nSPS) is 10.6. The minimum atomic E-state index is 0.839. The van der Waals surface area contributed by atoms with Crippen LogP contribution in [0.5, 0.6) is 5.75 Å². The maximum atomic E-state index is 5.41. The molecule has 90 valence electrons. The van der Waals surface area contributed by atoms with Gasteiger partial charge in [0.1, 0.15) is 5.75 Å². The predicted molar refractivity (Wildman–Crippen MR) is 74.9 cm³/mol. The molecular formula is C13H15BrN2O.